The van der Waals surface area contributed by atoms with Crippen molar-refractivity contribution in [3.8, 4) is 5.75 Å². The second kappa shape index (κ2) is 9.24. The molecule has 3 aromatic rings. The van der Waals surface area contributed by atoms with Crippen molar-refractivity contribution in [3.63, 3.8) is 0 Å². The van der Waals surface area contributed by atoms with E-state index >= 15 is 0 Å². The van der Waals surface area contributed by atoms with Crippen LogP contribution in [0.4, 0.5) is 5.69 Å². The molecule has 0 aromatic heterocycles. The Morgan fingerprint density at radius 1 is 0.926 bits per heavy atom. The monoisotopic (exact) mass is 525 g/mol. The molecule has 0 amide bonds. The van der Waals surface area contributed by atoms with Crippen molar-refractivity contribution in [2.24, 2.45) is 4.99 Å². The summed E-state index contributed by atoms with van der Waals surface area (Å²) in [4.78, 5) is 4.55. The largest absolute Gasteiger partial charge is 0.487 e. The maximum Gasteiger partial charge on any atom is 0.148 e. The number of nitrogens with zero attached hydrogens (tertiary/aromatic N) is 1. The van der Waals surface area contributed by atoms with Crippen LogP contribution in [0.3, 0.4) is 0 Å². The summed E-state index contributed by atoms with van der Waals surface area (Å²) in [6, 6.07) is 17.2. The summed E-state index contributed by atoms with van der Waals surface area (Å²) in [6.07, 6.45) is 1.80. The second-order valence-corrected chi connectivity index (χ2v) is 8.50. The first-order valence-corrected chi connectivity index (χ1v) is 10.4. The predicted molar refractivity (Wildman–Crippen MR) is 121 cm³/mol. The molecule has 0 spiro atoms. The molecule has 0 atom stereocenters. The van der Waals surface area contributed by atoms with Crippen LogP contribution in [0.25, 0.3) is 0 Å². The zero-order chi connectivity index (χ0) is 19.4. The van der Waals surface area contributed by atoms with Crippen molar-refractivity contribution in [3.05, 3.63) is 90.3 Å². The van der Waals surface area contributed by atoms with Crippen molar-refractivity contribution in [2.45, 2.75) is 13.5 Å². The van der Waals surface area contributed by atoms with Crippen LogP contribution in [0.2, 0.25) is 10.0 Å². The highest BCUT2D eigenvalue weighted by molar-refractivity contribution is 9.11. The summed E-state index contributed by atoms with van der Waals surface area (Å²) in [5.74, 6) is 0.737. The highest BCUT2D eigenvalue weighted by Gasteiger charge is 2.09. The molecule has 0 saturated carbocycles. The molecule has 6 heteroatoms. The number of aliphatic imine (C=N–C) groups is 1. The highest BCUT2D eigenvalue weighted by Crippen LogP contribution is 2.35. The lowest BCUT2D eigenvalue weighted by Gasteiger charge is -2.11. The van der Waals surface area contributed by atoms with Gasteiger partial charge < -0.3 is 4.74 Å². The molecule has 0 N–H and O–H groups in total. The number of hydrogen-bond acceptors (Lipinski definition) is 2. The fourth-order valence-electron chi connectivity index (χ4n) is 2.39. The van der Waals surface area contributed by atoms with Gasteiger partial charge in [0.2, 0.25) is 0 Å². The minimum atomic E-state index is 0.448. The van der Waals surface area contributed by atoms with Crippen LogP contribution in [-0.2, 0) is 6.61 Å². The molecule has 0 radical (unpaired) electrons. The van der Waals surface area contributed by atoms with Crippen molar-refractivity contribution in [2.75, 3.05) is 0 Å². The third-order valence-electron chi connectivity index (χ3n) is 3.84. The summed E-state index contributed by atoms with van der Waals surface area (Å²) in [7, 11) is 0. The lowest BCUT2D eigenvalue weighted by Crippen LogP contribution is -1.97. The Kier molecular flexibility index (Phi) is 6.99. The van der Waals surface area contributed by atoms with Gasteiger partial charge in [0.15, 0.2) is 0 Å². The quantitative estimate of drug-likeness (QED) is 0.307. The molecule has 0 aliphatic heterocycles. The van der Waals surface area contributed by atoms with Crippen molar-refractivity contribution in [1.29, 1.82) is 0 Å². The topological polar surface area (TPSA) is 21.6 Å². The molecule has 3 aromatic carbocycles. The van der Waals surface area contributed by atoms with E-state index in [1.54, 1.807) is 6.21 Å². The maximum atomic E-state index is 6.05. The third kappa shape index (κ3) is 5.58. The Labute approximate surface area is 185 Å². The van der Waals surface area contributed by atoms with Crippen LogP contribution >= 0.6 is 55.1 Å². The smallest absolute Gasteiger partial charge is 0.148 e. The lowest BCUT2D eigenvalue weighted by molar-refractivity contribution is 0.302. The number of rotatable bonds is 5. The molecule has 0 saturated heterocycles. The summed E-state index contributed by atoms with van der Waals surface area (Å²) in [5.41, 5.74) is 3.89. The van der Waals surface area contributed by atoms with Gasteiger partial charge >= 0.3 is 0 Å². The first-order chi connectivity index (χ1) is 12.9. The first-order valence-electron chi connectivity index (χ1n) is 8.09. The third-order valence-corrected chi connectivity index (χ3v) is 5.51. The lowest BCUT2D eigenvalue weighted by atomic mass is 10.2. The number of benzene rings is 3. The van der Waals surface area contributed by atoms with Crippen LogP contribution in [-0.4, -0.2) is 6.21 Å². The van der Waals surface area contributed by atoms with Crippen LogP contribution in [0.5, 0.6) is 5.75 Å². The van der Waals surface area contributed by atoms with Gasteiger partial charge in [-0.15, -0.1) is 0 Å². The zero-order valence-electron chi connectivity index (χ0n) is 14.3. The molecule has 3 rings (SSSR count). The number of hydrogen-bond donors (Lipinski definition) is 0. The summed E-state index contributed by atoms with van der Waals surface area (Å²) in [5, 5.41) is 1.38. The number of halogens is 4. The summed E-state index contributed by atoms with van der Waals surface area (Å²) < 4.78 is 7.63. The molecule has 2 nitrogen and oxygen atoms in total. The Bertz CT molecular complexity index is 965. The van der Waals surface area contributed by atoms with E-state index in [1.807, 2.05) is 61.5 Å². The van der Waals surface area contributed by atoms with E-state index in [2.05, 4.69) is 36.9 Å². The standard InChI is InChI=1S/C21H15Br2Cl2NO/c1-13-2-5-17(25)10-20(13)26-11-15-8-18(22)21(19(23)9-15)27-12-14-3-6-16(24)7-4-14/h2-11H,12H2,1H3. The minimum absolute atomic E-state index is 0.448. The second-order valence-electron chi connectivity index (χ2n) is 5.92. The average Bonchev–Trinajstić information content (AvgIpc) is 2.63. The molecule has 0 fully saturated rings. The average molecular weight is 528 g/mol. The number of ether oxygens (including phenoxy) is 1. The van der Waals surface area contributed by atoms with Gasteiger partial charge in [-0.1, -0.05) is 41.4 Å². The SMILES string of the molecule is Cc1ccc(Cl)cc1N=Cc1cc(Br)c(OCc2ccc(Cl)cc2)c(Br)c1. The normalized spacial score (nSPS) is 11.1. The van der Waals surface area contributed by atoms with Gasteiger partial charge in [-0.25, -0.2) is 0 Å². The Morgan fingerprint density at radius 2 is 1.56 bits per heavy atom. The molecule has 0 aliphatic carbocycles. The number of aryl methyl sites for hydroxylation is 1. The molecule has 0 aliphatic rings. The first kappa shape index (κ1) is 20.4. The van der Waals surface area contributed by atoms with Crippen LogP contribution in [0, 0.1) is 6.92 Å². The molecule has 27 heavy (non-hydrogen) atoms. The maximum absolute atomic E-state index is 6.05. The fraction of sp³-hybridized carbons (Fsp3) is 0.0952. The Hall–Kier alpha value is -1.33. The minimum Gasteiger partial charge on any atom is -0.487 e. The Balaban J connectivity index is 1.77. The summed E-state index contributed by atoms with van der Waals surface area (Å²) >= 11 is 19.1. The van der Waals surface area contributed by atoms with E-state index in [4.69, 9.17) is 27.9 Å². The van der Waals surface area contributed by atoms with Crippen LogP contribution in [0.15, 0.2) is 68.5 Å². The zero-order valence-corrected chi connectivity index (χ0v) is 19.0. The highest BCUT2D eigenvalue weighted by atomic mass is 79.9. The van der Waals surface area contributed by atoms with Crippen LogP contribution in [0.1, 0.15) is 16.7 Å². The molecular weight excluding hydrogens is 513 g/mol. The van der Waals surface area contributed by atoms with E-state index in [1.165, 1.54) is 0 Å². The molecule has 0 bridgehead atoms. The van der Waals surface area contributed by atoms with E-state index in [-0.39, 0.29) is 0 Å². The predicted octanol–water partition coefficient (Wildman–Crippen LogP) is 8.16. The van der Waals surface area contributed by atoms with Gasteiger partial charge in [0.25, 0.3) is 0 Å². The summed E-state index contributed by atoms with van der Waals surface area (Å²) in [6.45, 7) is 2.45. The van der Waals surface area contributed by atoms with Gasteiger partial charge in [-0.2, -0.15) is 0 Å². The van der Waals surface area contributed by atoms with E-state index in [9.17, 15) is 0 Å². The van der Waals surface area contributed by atoms with Gasteiger partial charge in [-0.3, -0.25) is 4.99 Å². The van der Waals surface area contributed by atoms with Crippen molar-refractivity contribution >= 4 is 67.0 Å². The fourth-order valence-corrected chi connectivity index (χ4v) is 4.14. The van der Waals surface area contributed by atoms with E-state index in [0.717, 1.165) is 37.1 Å². The molecule has 0 unspecified atom stereocenters. The van der Waals surface area contributed by atoms with E-state index < -0.39 is 0 Å². The van der Waals surface area contributed by atoms with Gasteiger partial charge in [0, 0.05) is 16.3 Å². The van der Waals surface area contributed by atoms with Gasteiger partial charge in [0.1, 0.15) is 12.4 Å². The van der Waals surface area contributed by atoms with Crippen LogP contribution < -0.4 is 4.74 Å². The van der Waals surface area contributed by atoms with E-state index in [0.29, 0.717) is 16.7 Å². The Morgan fingerprint density at radius 3 is 2.22 bits per heavy atom. The van der Waals surface area contributed by atoms with Crippen molar-refractivity contribution < 1.29 is 4.74 Å². The van der Waals surface area contributed by atoms with Gasteiger partial charge in [-0.05, 0) is 91.9 Å². The molecule has 0 heterocycles. The molecular formula is C21H15Br2Cl2NO. The van der Waals surface area contributed by atoms with Crippen molar-refractivity contribution in [1.82, 2.24) is 0 Å². The molecule has 138 valence electrons. The van der Waals surface area contributed by atoms with Gasteiger partial charge in [0.05, 0.1) is 14.6 Å².